The normalized spacial score (nSPS) is 24.6. The van der Waals surface area contributed by atoms with E-state index >= 15 is 0 Å². The zero-order chi connectivity index (χ0) is 12.3. The highest BCUT2D eigenvalue weighted by molar-refractivity contribution is 5.92. The number of amides is 1. The second-order valence-electron chi connectivity index (χ2n) is 5.16. The number of imidazole rings is 1. The summed E-state index contributed by atoms with van der Waals surface area (Å²) in [6.07, 6.45) is 5.57. The topological polar surface area (TPSA) is 59.0 Å². The first-order valence-corrected chi connectivity index (χ1v) is 6.06. The van der Waals surface area contributed by atoms with Crippen molar-refractivity contribution in [3.63, 3.8) is 0 Å². The molecule has 1 aromatic heterocycles. The summed E-state index contributed by atoms with van der Waals surface area (Å²) in [5, 5.41) is 6.37. The molecule has 1 fully saturated rings. The minimum Gasteiger partial charge on any atom is -0.350 e. The van der Waals surface area contributed by atoms with E-state index in [4.69, 9.17) is 0 Å². The smallest absolute Gasteiger partial charge is 0.269 e. The monoisotopic (exact) mass is 236 g/mol. The number of aromatic nitrogens is 2. The van der Waals surface area contributed by atoms with Crippen LogP contribution in [0.4, 0.5) is 0 Å². The van der Waals surface area contributed by atoms with E-state index in [2.05, 4.69) is 22.5 Å². The predicted octanol–water partition coefficient (Wildman–Crippen LogP) is 0.540. The van der Waals surface area contributed by atoms with Crippen molar-refractivity contribution in [2.45, 2.75) is 19.8 Å². The van der Waals surface area contributed by atoms with Crippen molar-refractivity contribution in [3.05, 3.63) is 18.2 Å². The summed E-state index contributed by atoms with van der Waals surface area (Å²) >= 11 is 0. The molecule has 0 saturated carbocycles. The molecule has 1 atom stereocenters. The molecular weight excluding hydrogens is 216 g/mol. The van der Waals surface area contributed by atoms with Gasteiger partial charge in [0.05, 0.1) is 12.5 Å². The van der Waals surface area contributed by atoms with Crippen LogP contribution < -0.4 is 10.6 Å². The van der Waals surface area contributed by atoms with Crippen LogP contribution in [0.2, 0.25) is 0 Å². The Labute approximate surface area is 102 Å². The van der Waals surface area contributed by atoms with Crippen LogP contribution in [-0.4, -0.2) is 35.1 Å². The van der Waals surface area contributed by atoms with Gasteiger partial charge in [-0.05, 0) is 24.8 Å². The number of rotatable bonds is 3. The van der Waals surface area contributed by atoms with Gasteiger partial charge in [-0.3, -0.25) is 4.79 Å². The van der Waals surface area contributed by atoms with Gasteiger partial charge in [-0.25, -0.2) is 4.98 Å². The first kappa shape index (κ1) is 12.1. The lowest BCUT2D eigenvalue weighted by Crippen LogP contribution is -2.45. The van der Waals surface area contributed by atoms with Crippen molar-refractivity contribution in [1.82, 2.24) is 20.2 Å². The van der Waals surface area contributed by atoms with Gasteiger partial charge in [0.2, 0.25) is 0 Å². The Morgan fingerprint density at radius 2 is 2.53 bits per heavy atom. The average molecular weight is 236 g/mol. The third-order valence-corrected chi connectivity index (χ3v) is 3.41. The Hall–Kier alpha value is -1.36. The third kappa shape index (κ3) is 2.85. The molecule has 5 nitrogen and oxygen atoms in total. The van der Waals surface area contributed by atoms with Gasteiger partial charge < -0.3 is 15.2 Å². The summed E-state index contributed by atoms with van der Waals surface area (Å²) in [7, 11) is 1.83. The van der Waals surface area contributed by atoms with Gasteiger partial charge in [0, 0.05) is 20.1 Å². The number of carbonyl (C=O) groups excluding carboxylic acids is 1. The van der Waals surface area contributed by atoms with Gasteiger partial charge in [-0.15, -0.1) is 0 Å². The molecule has 1 amide bonds. The van der Waals surface area contributed by atoms with Gasteiger partial charge in [-0.2, -0.15) is 0 Å². The molecule has 2 rings (SSSR count). The molecule has 0 spiro atoms. The van der Waals surface area contributed by atoms with Gasteiger partial charge in [0.15, 0.2) is 0 Å². The second kappa shape index (κ2) is 4.87. The lowest BCUT2D eigenvalue weighted by molar-refractivity contribution is 0.0916. The summed E-state index contributed by atoms with van der Waals surface area (Å²) in [5.41, 5.74) is 0.782. The molecule has 0 aromatic carbocycles. The average Bonchev–Trinajstić information content (AvgIpc) is 2.74. The van der Waals surface area contributed by atoms with Gasteiger partial charge in [0.25, 0.3) is 5.91 Å². The molecule has 0 radical (unpaired) electrons. The van der Waals surface area contributed by atoms with E-state index in [0.717, 1.165) is 19.5 Å². The minimum absolute atomic E-state index is 0.0446. The number of hydrogen-bond acceptors (Lipinski definition) is 3. The fourth-order valence-corrected chi connectivity index (χ4v) is 2.23. The quantitative estimate of drug-likeness (QED) is 0.805. The van der Waals surface area contributed by atoms with Crippen LogP contribution in [0, 0.1) is 5.41 Å². The molecule has 1 unspecified atom stereocenters. The maximum atomic E-state index is 11.9. The molecule has 94 valence electrons. The number of nitrogens with one attached hydrogen (secondary N) is 2. The van der Waals surface area contributed by atoms with Gasteiger partial charge >= 0.3 is 0 Å². The number of aryl methyl sites for hydroxylation is 1. The predicted molar refractivity (Wildman–Crippen MR) is 65.8 cm³/mol. The number of hydrogen-bond donors (Lipinski definition) is 2. The van der Waals surface area contributed by atoms with Crippen LogP contribution >= 0.6 is 0 Å². The molecule has 0 bridgehead atoms. The van der Waals surface area contributed by atoms with E-state index in [-0.39, 0.29) is 11.3 Å². The zero-order valence-electron chi connectivity index (χ0n) is 10.5. The Morgan fingerprint density at radius 3 is 3.12 bits per heavy atom. The van der Waals surface area contributed by atoms with Crippen LogP contribution in [0.25, 0.3) is 0 Å². The van der Waals surface area contributed by atoms with Crippen LogP contribution in [0.5, 0.6) is 0 Å². The highest BCUT2D eigenvalue weighted by Gasteiger charge is 2.27. The van der Waals surface area contributed by atoms with E-state index in [1.807, 2.05) is 7.05 Å². The molecule has 17 heavy (non-hydrogen) atoms. The molecular formula is C12H20N4O. The summed E-state index contributed by atoms with van der Waals surface area (Å²) in [5.74, 6) is -0.0446. The lowest BCUT2D eigenvalue weighted by atomic mass is 9.83. The number of nitrogens with zero attached hydrogens (tertiary/aromatic N) is 2. The highest BCUT2D eigenvalue weighted by Crippen LogP contribution is 2.24. The highest BCUT2D eigenvalue weighted by atomic mass is 16.1. The van der Waals surface area contributed by atoms with Crippen molar-refractivity contribution in [1.29, 1.82) is 0 Å². The second-order valence-corrected chi connectivity index (χ2v) is 5.16. The molecule has 1 saturated heterocycles. The van der Waals surface area contributed by atoms with Crippen LogP contribution in [0.1, 0.15) is 30.3 Å². The van der Waals surface area contributed by atoms with Gasteiger partial charge in [0.1, 0.15) is 5.69 Å². The summed E-state index contributed by atoms with van der Waals surface area (Å²) in [6, 6.07) is 0. The molecule has 5 heteroatoms. The number of piperidine rings is 1. The Bertz CT molecular complexity index is 393. The fourth-order valence-electron chi connectivity index (χ4n) is 2.23. The first-order valence-electron chi connectivity index (χ1n) is 6.06. The fraction of sp³-hybridized carbons (Fsp3) is 0.667. The van der Waals surface area contributed by atoms with E-state index in [0.29, 0.717) is 12.2 Å². The van der Waals surface area contributed by atoms with E-state index in [1.165, 1.54) is 6.42 Å². The minimum atomic E-state index is -0.0446. The zero-order valence-corrected chi connectivity index (χ0v) is 10.5. The Morgan fingerprint density at radius 1 is 1.71 bits per heavy atom. The van der Waals surface area contributed by atoms with Gasteiger partial charge in [-0.1, -0.05) is 6.92 Å². The number of carbonyl (C=O) groups is 1. The maximum Gasteiger partial charge on any atom is 0.269 e. The van der Waals surface area contributed by atoms with Crippen molar-refractivity contribution in [2.24, 2.45) is 12.5 Å². The SMILES string of the molecule is Cn1cncc1C(=O)NCC1(C)CCCNC1. The molecule has 0 aliphatic carbocycles. The Kier molecular flexibility index (Phi) is 3.47. The molecule has 1 aromatic rings. The summed E-state index contributed by atoms with van der Waals surface area (Å²) < 4.78 is 1.73. The van der Waals surface area contributed by atoms with Crippen molar-refractivity contribution >= 4 is 5.91 Å². The van der Waals surface area contributed by atoms with Crippen LogP contribution in [-0.2, 0) is 7.05 Å². The van der Waals surface area contributed by atoms with Crippen LogP contribution in [0.15, 0.2) is 12.5 Å². The molecule has 2 N–H and O–H groups in total. The lowest BCUT2D eigenvalue weighted by Gasteiger charge is -2.34. The van der Waals surface area contributed by atoms with Crippen molar-refractivity contribution in [2.75, 3.05) is 19.6 Å². The molecule has 1 aliphatic heterocycles. The van der Waals surface area contributed by atoms with Crippen molar-refractivity contribution in [3.8, 4) is 0 Å². The first-order chi connectivity index (χ1) is 8.11. The summed E-state index contributed by atoms with van der Waals surface area (Å²) in [6.45, 7) is 4.98. The van der Waals surface area contributed by atoms with E-state index < -0.39 is 0 Å². The standard InChI is InChI=1S/C12H20N4O/c1-12(4-3-5-13-7-12)8-15-11(17)10-6-14-9-16(10)2/h6,9,13H,3-5,7-8H2,1-2H3,(H,15,17). The Balaban J connectivity index is 1.90. The van der Waals surface area contributed by atoms with Crippen LogP contribution in [0.3, 0.4) is 0 Å². The third-order valence-electron chi connectivity index (χ3n) is 3.41. The van der Waals surface area contributed by atoms with E-state index in [1.54, 1.807) is 17.1 Å². The largest absolute Gasteiger partial charge is 0.350 e. The maximum absolute atomic E-state index is 11.9. The molecule has 1 aliphatic rings. The van der Waals surface area contributed by atoms with E-state index in [9.17, 15) is 4.79 Å². The van der Waals surface area contributed by atoms with Crippen molar-refractivity contribution < 1.29 is 4.79 Å². The summed E-state index contributed by atoms with van der Waals surface area (Å²) in [4.78, 5) is 15.9. The molecule has 2 heterocycles.